The summed E-state index contributed by atoms with van der Waals surface area (Å²) in [5, 5.41) is 0. The summed E-state index contributed by atoms with van der Waals surface area (Å²) in [6.07, 6.45) is 4.99. The Balaban J connectivity index is 4.10. The van der Waals surface area contributed by atoms with Gasteiger partial charge < -0.3 is 9.53 Å². The quantitative estimate of drug-likeness (QED) is 0.571. The molecule has 0 saturated heterocycles. The minimum absolute atomic E-state index is 0.267. The predicted octanol–water partition coefficient (Wildman–Crippen LogP) is 2.81. The van der Waals surface area contributed by atoms with Crippen molar-refractivity contribution in [1.29, 1.82) is 0 Å². The van der Waals surface area contributed by atoms with Crippen LogP contribution >= 0.6 is 0 Å². The van der Waals surface area contributed by atoms with E-state index in [1.165, 1.54) is 12.8 Å². The van der Waals surface area contributed by atoms with Gasteiger partial charge in [-0.05, 0) is 19.3 Å². The first-order valence-corrected chi connectivity index (χ1v) is 5.09. The zero-order chi connectivity index (χ0) is 10.3. The summed E-state index contributed by atoms with van der Waals surface area (Å²) in [6, 6.07) is 0. The van der Waals surface area contributed by atoms with Gasteiger partial charge in [-0.2, -0.15) is 0 Å². The topological polar surface area (TPSA) is 26.3 Å². The molecule has 0 aliphatic carbocycles. The van der Waals surface area contributed by atoms with E-state index in [1.807, 2.05) is 6.92 Å². The van der Waals surface area contributed by atoms with Gasteiger partial charge >= 0.3 is 0 Å². The lowest BCUT2D eigenvalue weighted by Gasteiger charge is -2.32. The highest BCUT2D eigenvalue weighted by atomic mass is 16.5. The van der Waals surface area contributed by atoms with Crippen LogP contribution in [0, 0.1) is 5.92 Å². The van der Waals surface area contributed by atoms with E-state index in [0.717, 1.165) is 12.7 Å². The van der Waals surface area contributed by atoms with Gasteiger partial charge in [0.05, 0.1) is 5.60 Å². The molecule has 0 radical (unpaired) electrons. The molecule has 0 aliphatic rings. The van der Waals surface area contributed by atoms with Crippen LogP contribution in [0.4, 0.5) is 0 Å². The molecule has 0 heterocycles. The fraction of sp³-hybridized carbons (Fsp3) is 0.909. The number of hydrogen-bond donors (Lipinski definition) is 0. The van der Waals surface area contributed by atoms with Crippen molar-refractivity contribution >= 4 is 6.29 Å². The van der Waals surface area contributed by atoms with Gasteiger partial charge in [-0.1, -0.05) is 26.7 Å². The van der Waals surface area contributed by atoms with E-state index in [4.69, 9.17) is 4.74 Å². The smallest absolute Gasteiger partial charge is 0.122 e. The molecule has 0 aromatic carbocycles. The Hall–Kier alpha value is -0.370. The largest absolute Gasteiger partial charge is 0.378 e. The van der Waals surface area contributed by atoms with Gasteiger partial charge in [0, 0.05) is 13.5 Å². The zero-order valence-electron chi connectivity index (χ0n) is 9.30. The molecule has 0 aromatic heterocycles. The van der Waals surface area contributed by atoms with Gasteiger partial charge in [-0.3, -0.25) is 0 Å². The summed E-state index contributed by atoms with van der Waals surface area (Å²) < 4.78 is 5.41. The molecule has 2 nitrogen and oxygen atoms in total. The number of aldehydes is 1. The highest BCUT2D eigenvalue weighted by molar-refractivity contribution is 5.51. The number of carbonyl (C=O) groups excluding carboxylic acids is 1. The maximum atomic E-state index is 10.5. The van der Waals surface area contributed by atoms with Crippen molar-refractivity contribution in [2.75, 3.05) is 7.11 Å². The van der Waals surface area contributed by atoms with Crippen molar-refractivity contribution in [2.45, 2.75) is 52.1 Å². The van der Waals surface area contributed by atoms with Crippen molar-refractivity contribution in [1.82, 2.24) is 0 Å². The van der Waals surface area contributed by atoms with Gasteiger partial charge in [-0.15, -0.1) is 0 Å². The van der Waals surface area contributed by atoms with Crippen molar-refractivity contribution < 1.29 is 9.53 Å². The molecule has 13 heavy (non-hydrogen) atoms. The molecule has 0 aromatic rings. The van der Waals surface area contributed by atoms with E-state index in [-0.39, 0.29) is 5.60 Å². The molecule has 0 bridgehead atoms. The minimum atomic E-state index is -0.267. The second-order valence-electron chi connectivity index (χ2n) is 3.93. The van der Waals surface area contributed by atoms with Gasteiger partial charge in [0.2, 0.25) is 0 Å². The Morgan fingerprint density at radius 2 is 2.15 bits per heavy atom. The van der Waals surface area contributed by atoms with Crippen LogP contribution < -0.4 is 0 Å². The maximum Gasteiger partial charge on any atom is 0.122 e. The lowest BCUT2D eigenvalue weighted by atomic mass is 9.84. The number of methoxy groups -OCH3 is 1. The average Bonchev–Trinajstić information content (AvgIpc) is 2.14. The van der Waals surface area contributed by atoms with Crippen molar-refractivity contribution in [3.05, 3.63) is 0 Å². The summed E-state index contributed by atoms with van der Waals surface area (Å²) >= 11 is 0. The predicted molar refractivity (Wildman–Crippen MR) is 54.8 cm³/mol. The summed E-state index contributed by atoms with van der Waals surface area (Å²) in [5.41, 5.74) is -0.267. The molecule has 0 saturated carbocycles. The molecule has 2 heteroatoms. The summed E-state index contributed by atoms with van der Waals surface area (Å²) in [6.45, 7) is 6.35. The van der Waals surface area contributed by atoms with Crippen LogP contribution in [-0.2, 0) is 9.53 Å². The van der Waals surface area contributed by atoms with Crippen LogP contribution in [-0.4, -0.2) is 19.0 Å². The molecule has 0 aliphatic heterocycles. The van der Waals surface area contributed by atoms with Crippen molar-refractivity contribution in [3.63, 3.8) is 0 Å². The third-order valence-electron chi connectivity index (χ3n) is 2.99. The van der Waals surface area contributed by atoms with E-state index >= 15 is 0 Å². The van der Waals surface area contributed by atoms with Gasteiger partial charge in [-0.25, -0.2) is 0 Å². The maximum absolute atomic E-state index is 10.5. The molecular formula is C11H22O2. The molecule has 0 N–H and O–H groups in total. The number of carbonyl (C=O) groups is 1. The molecule has 0 fully saturated rings. The van der Waals surface area contributed by atoms with Crippen molar-refractivity contribution in [2.24, 2.45) is 5.92 Å². The second kappa shape index (κ2) is 6.14. The molecule has 0 amide bonds. The van der Waals surface area contributed by atoms with E-state index in [9.17, 15) is 4.79 Å². The van der Waals surface area contributed by atoms with Crippen LogP contribution in [0.15, 0.2) is 0 Å². The first-order valence-electron chi connectivity index (χ1n) is 5.09. The van der Waals surface area contributed by atoms with E-state index in [0.29, 0.717) is 12.3 Å². The standard InChI is InChI=1S/C11H22O2/c1-5-6-7-10(2)11(3,13-4)8-9-12/h9-10H,5-8H2,1-4H3. The first kappa shape index (κ1) is 12.6. The fourth-order valence-corrected chi connectivity index (χ4v) is 1.47. The number of hydrogen-bond acceptors (Lipinski definition) is 2. The average molecular weight is 186 g/mol. The minimum Gasteiger partial charge on any atom is -0.378 e. The van der Waals surface area contributed by atoms with Crippen LogP contribution in [0.5, 0.6) is 0 Å². The van der Waals surface area contributed by atoms with E-state index < -0.39 is 0 Å². The first-order chi connectivity index (χ1) is 6.10. The SMILES string of the molecule is CCCCC(C)C(C)(CC=O)OC. The van der Waals surface area contributed by atoms with E-state index in [2.05, 4.69) is 13.8 Å². The van der Waals surface area contributed by atoms with Crippen LogP contribution in [0.2, 0.25) is 0 Å². The second-order valence-corrected chi connectivity index (χ2v) is 3.93. The number of ether oxygens (including phenoxy) is 1. The fourth-order valence-electron chi connectivity index (χ4n) is 1.47. The van der Waals surface area contributed by atoms with Crippen LogP contribution in [0.3, 0.4) is 0 Å². The molecule has 78 valence electrons. The lowest BCUT2D eigenvalue weighted by Crippen LogP contribution is -2.35. The number of rotatable bonds is 7. The van der Waals surface area contributed by atoms with E-state index in [1.54, 1.807) is 7.11 Å². The Morgan fingerprint density at radius 1 is 1.54 bits per heavy atom. The van der Waals surface area contributed by atoms with Gasteiger partial charge in [0.15, 0.2) is 0 Å². The molecule has 0 rings (SSSR count). The highest BCUT2D eigenvalue weighted by Gasteiger charge is 2.29. The molecule has 0 spiro atoms. The summed E-state index contributed by atoms with van der Waals surface area (Å²) in [4.78, 5) is 10.5. The Kier molecular flexibility index (Phi) is 5.97. The molecule has 2 unspecified atom stereocenters. The van der Waals surface area contributed by atoms with Crippen LogP contribution in [0.25, 0.3) is 0 Å². The van der Waals surface area contributed by atoms with Crippen LogP contribution in [0.1, 0.15) is 46.5 Å². The molecule has 2 atom stereocenters. The van der Waals surface area contributed by atoms with Gasteiger partial charge in [0.1, 0.15) is 6.29 Å². The highest BCUT2D eigenvalue weighted by Crippen LogP contribution is 2.27. The Bertz CT molecular complexity index is 145. The lowest BCUT2D eigenvalue weighted by molar-refractivity contribution is -0.116. The summed E-state index contributed by atoms with van der Waals surface area (Å²) in [5.74, 6) is 0.447. The van der Waals surface area contributed by atoms with Gasteiger partial charge in [0.25, 0.3) is 0 Å². The number of unbranched alkanes of at least 4 members (excludes halogenated alkanes) is 1. The normalized spacial score (nSPS) is 17.8. The monoisotopic (exact) mass is 186 g/mol. The Labute approximate surface area is 81.7 Å². The third-order valence-corrected chi connectivity index (χ3v) is 2.99. The van der Waals surface area contributed by atoms with Crippen molar-refractivity contribution in [3.8, 4) is 0 Å². The summed E-state index contributed by atoms with van der Waals surface area (Å²) in [7, 11) is 1.69. The molecular weight excluding hydrogens is 164 g/mol. The Morgan fingerprint density at radius 3 is 2.54 bits per heavy atom. The third kappa shape index (κ3) is 3.90. The zero-order valence-corrected chi connectivity index (χ0v) is 9.30.